The van der Waals surface area contributed by atoms with Gasteiger partial charge < -0.3 is 10.4 Å². The van der Waals surface area contributed by atoms with Gasteiger partial charge in [0.15, 0.2) is 0 Å². The molecule has 104 valence electrons. The van der Waals surface area contributed by atoms with Crippen molar-refractivity contribution < 1.29 is 14.7 Å². The first-order valence-electron chi connectivity index (χ1n) is 6.13. The minimum Gasteiger partial charge on any atom is -0.481 e. The summed E-state index contributed by atoms with van der Waals surface area (Å²) in [7, 11) is 1.56. The number of hydrogen-bond acceptors (Lipinski definition) is 3. The Morgan fingerprint density at radius 1 is 1.20 bits per heavy atom. The maximum Gasteiger partial charge on any atom is 0.307 e. The van der Waals surface area contributed by atoms with Crippen molar-refractivity contribution in [1.29, 1.82) is 0 Å². The molecule has 0 bridgehead atoms. The number of hydrogen-bond donors (Lipinski definition) is 2. The van der Waals surface area contributed by atoms with Crippen LogP contribution in [0.15, 0.2) is 36.5 Å². The van der Waals surface area contributed by atoms with Crippen LogP contribution in [-0.4, -0.2) is 33.8 Å². The number of aromatic nitrogens is 2. The second-order valence-electron chi connectivity index (χ2n) is 4.36. The quantitative estimate of drug-likeness (QED) is 0.848. The topological polar surface area (TPSA) is 84.2 Å². The van der Waals surface area contributed by atoms with Crippen LogP contribution in [0.5, 0.6) is 0 Å². The zero-order valence-corrected chi connectivity index (χ0v) is 11.0. The zero-order chi connectivity index (χ0) is 14.5. The smallest absolute Gasteiger partial charge is 0.307 e. The number of rotatable bonds is 5. The van der Waals surface area contributed by atoms with Gasteiger partial charge in [-0.1, -0.05) is 24.3 Å². The van der Waals surface area contributed by atoms with Gasteiger partial charge in [0.2, 0.25) is 0 Å². The summed E-state index contributed by atoms with van der Waals surface area (Å²) in [5.41, 5.74) is 2.12. The maximum atomic E-state index is 11.4. The SMILES string of the molecule is CNC(=O)c1ccn(Cc2ccc(CC(=O)O)cc2)n1. The van der Waals surface area contributed by atoms with Crippen molar-refractivity contribution in [3.05, 3.63) is 53.3 Å². The van der Waals surface area contributed by atoms with Crippen LogP contribution >= 0.6 is 0 Å². The summed E-state index contributed by atoms with van der Waals surface area (Å²) in [6, 6.07) is 8.94. The lowest BCUT2D eigenvalue weighted by Crippen LogP contribution is -2.18. The van der Waals surface area contributed by atoms with Crippen molar-refractivity contribution in [2.75, 3.05) is 7.05 Å². The summed E-state index contributed by atoms with van der Waals surface area (Å²) in [4.78, 5) is 22.0. The second kappa shape index (κ2) is 6.01. The fourth-order valence-corrected chi connectivity index (χ4v) is 1.82. The Kier molecular flexibility index (Phi) is 4.14. The molecule has 0 fully saturated rings. The average molecular weight is 273 g/mol. The van der Waals surface area contributed by atoms with Crippen LogP contribution in [0.1, 0.15) is 21.6 Å². The predicted molar refractivity (Wildman–Crippen MR) is 72.5 cm³/mol. The summed E-state index contributed by atoms with van der Waals surface area (Å²) in [6.07, 6.45) is 1.75. The van der Waals surface area contributed by atoms with E-state index in [0.717, 1.165) is 11.1 Å². The normalized spacial score (nSPS) is 10.2. The van der Waals surface area contributed by atoms with Crippen molar-refractivity contribution in [2.45, 2.75) is 13.0 Å². The van der Waals surface area contributed by atoms with E-state index < -0.39 is 5.97 Å². The van der Waals surface area contributed by atoms with Crippen LogP contribution < -0.4 is 5.32 Å². The summed E-state index contributed by atoms with van der Waals surface area (Å²) in [6.45, 7) is 0.532. The Bertz CT molecular complexity index is 617. The Morgan fingerprint density at radius 2 is 1.85 bits per heavy atom. The highest BCUT2D eigenvalue weighted by molar-refractivity contribution is 5.91. The number of nitrogens with zero attached hydrogens (tertiary/aromatic N) is 2. The molecule has 0 aliphatic rings. The van der Waals surface area contributed by atoms with Crippen LogP contribution in [0, 0.1) is 0 Å². The first kappa shape index (κ1) is 13.8. The number of carbonyl (C=O) groups excluding carboxylic acids is 1. The van der Waals surface area contributed by atoms with E-state index in [-0.39, 0.29) is 12.3 Å². The minimum absolute atomic E-state index is 0.0167. The highest BCUT2D eigenvalue weighted by Gasteiger charge is 2.07. The number of carboxylic acids is 1. The van der Waals surface area contributed by atoms with Gasteiger partial charge in [0.05, 0.1) is 13.0 Å². The lowest BCUT2D eigenvalue weighted by atomic mass is 10.1. The average Bonchev–Trinajstić information content (AvgIpc) is 2.88. The summed E-state index contributed by atoms with van der Waals surface area (Å²) < 4.78 is 1.66. The van der Waals surface area contributed by atoms with Gasteiger partial charge in [0, 0.05) is 13.2 Å². The minimum atomic E-state index is -0.847. The van der Waals surface area contributed by atoms with Crippen molar-refractivity contribution in [1.82, 2.24) is 15.1 Å². The van der Waals surface area contributed by atoms with Crippen molar-refractivity contribution in [3.8, 4) is 0 Å². The number of benzene rings is 1. The van der Waals surface area contributed by atoms with Crippen molar-refractivity contribution in [2.24, 2.45) is 0 Å². The van der Waals surface area contributed by atoms with E-state index in [1.165, 1.54) is 0 Å². The molecule has 1 amide bonds. The fraction of sp³-hybridized carbons (Fsp3) is 0.214. The predicted octanol–water partition coefficient (Wildman–Crippen LogP) is 0.918. The van der Waals surface area contributed by atoms with Crippen LogP contribution in [0.25, 0.3) is 0 Å². The first-order valence-corrected chi connectivity index (χ1v) is 6.13. The molecular formula is C14H15N3O3. The molecule has 1 aromatic heterocycles. The van der Waals surface area contributed by atoms with Gasteiger partial charge in [-0.15, -0.1) is 0 Å². The standard InChI is InChI=1S/C14H15N3O3/c1-15-14(20)12-6-7-17(16-12)9-11-4-2-10(3-5-11)8-13(18)19/h2-7H,8-9H2,1H3,(H,15,20)(H,18,19). The van der Waals surface area contributed by atoms with Gasteiger partial charge in [-0.3, -0.25) is 14.3 Å². The molecule has 2 rings (SSSR count). The third-order valence-electron chi connectivity index (χ3n) is 2.82. The van der Waals surface area contributed by atoms with Gasteiger partial charge in [0.1, 0.15) is 5.69 Å². The molecule has 2 N–H and O–H groups in total. The molecule has 2 aromatic rings. The molecule has 0 aliphatic carbocycles. The number of aliphatic carboxylic acids is 1. The van der Waals surface area contributed by atoms with Gasteiger partial charge >= 0.3 is 5.97 Å². The van der Waals surface area contributed by atoms with Crippen LogP contribution in [0.2, 0.25) is 0 Å². The Hall–Kier alpha value is -2.63. The van der Waals surface area contributed by atoms with Gasteiger partial charge in [-0.05, 0) is 17.2 Å². The first-order chi connectivity index (χ1) is 9.58. The molecule has 20 heavy (non-hydrogen) atoms. The van der Waals surface area contributed by atoms with E-state index in [1.54, 1.807) is 36.1 Å². The Balaban J connectivity index is 2.04. The molecule has 0 aliphatic heterocycles. The number of amides is 1. The van der Waals surface area contributed by atoms with E-state index >= 15 is 0 Å². The van der Waals surface area contributed by atoms with Gasteiger partial charge in [0.25, 0.3) is 5.91 Å². The fourth-order valence-electron chi connectivity index (χ4n) is 1.82. The lowest BCUT2D eigenvalue weighted by molar-refractivity contribution is -0.136. The third kappa shape index (κ3) is 3.44. The molecule has 6 nitrogen and oxygen atoms in total. The van der Waals surface area contributed by atoms with Gasteiger partial charge in [-0.2, -0.15) is 5.10 Å². The highest BCUT2D eigenvalue weighted by Crippen LogP contribution is 2.07. The van der Waals surface area contributed by atoms with Gasteiger partial charge in [-0.25, -0.2) is 0 Å². The molecule has 1 heterocycles. The van der Waals surface area contributed by atoms with Crippen LogP contribution in [0.3, 0.4) is 0 Å². The van der Waals surface area contributed by atoms with E-state index in [4.69, 9.17) is 5.11 Å². The van der Waals surface area contributed by atoms with Crippen LogP contribution in [-0.2, 0) is 17.8 Å². The van der Waals surface area contributed by atoms with E-state index in [9.17, 15) is 9.59 Å². The van der Waals surface area contributed by atoms with Crippen LogP contribution in [0.4, 0.5) is 0 Å². The maximum absolute atomic E-state index is 11.4. The molecule has 0 saturated heterocycles. The molecule has 0 saturated carbocycles. The van der Waals surface area contributed by atoms with E-state index in [0.29, 0.717) is 12.2 Å². The Labute approximate surface area is 116 Å². The lowest BCUT2D eigenvalue weighted by Gasteiger charge is -2.03. The molecule has 0 radical (unpaired) electrons. The number of nitrogens with one attached hydrogen (secondary N) is 1. The monoisotopic (exact) mass is 273 g/mol. The molecule has 0 unspecified atom stereocenters. The summed E-state index contributed by atoms with van der Waals surface area (Å²) in [5.74, 6) is -1.07. The zero-order valence-electron chi connectivity index (χ0n) is 11.0. The summed E-state index contributed by atoms with van der Waals surface area (Å²) >= 11 is 0. The van der Waals surface area contributed by atoms with E-state index in [2.05, 4.69) is 10.4 Å². The molecule has 1 aromatic carbocycles. The molecule has 6 heteroatoms. The van der Waals surface area contributed by atoms with E-state index in [1.807, 2.05) is 12.1 Å². The summed E-state index contributed by atoms with van der Waals surface area (Å²) in [5, 5.41) is 15.4. The van der Waals surface area contributed by atoms with Crippen molar-refractivity contribution in [3.63, 3.8) is 0 Å². The second-order valence-corrected chi connectivity index (χ2v) is 4.36. The largest absolute Gasteiger partial charge is 0.481 e. The Morgan fingerprint density at radius 3 is 2.45 bits per heavy atom. The van der Waals surface area contributed by atoms with Crippen molar-refractivity contribution >= 4 is 11.9 Å². The molecular weight excluding hydrogens is 258 g/mol. The highest BCUT2D eigenvalue weighted by atomic mass is 16.4. The number of carboxylic acid groups (broad SMARTS) is 1. The molecule has 0 spiro atoms. The molecule has 0 atom stereocenters. The number of carbonyl (C=O) groups is 2. The third-order valence-corrected chi connectivity index (χ3v) is 2.82.